The van der Waals surface area contributed by atoms with Crippen molar-refractivity contribution in [3.63, 3.8) is 0 Å². The van der Waals surface area contributed by atoms with E-state index >= 15 is 0 Å². The van der Waals surface area contributed by atoms with Gasteiger partial charge in [0.25, 0.3) is 0 Å². The Kier molecular flexibility index (Phi) is 4.42. The Morgan fingerprint density at radius 2 is 2.09 bits per heavy atom. The van der Waals surface area contributed by atoms with Gasteiger partial charge in [0.1, 0.15) is 6.07 Å². The second-order valence-electron chi connectivity index (χ2n) is 5.57. The van der Waals surface area contributed by atoms with Gasteiger partial charge in [-0.1, -0.05) is 28.1 Å². The minimum absolute atomic E-state index is 0.535. The summed E-state index contributed by atoms with van der Waals surface area (Å²) in [6.07, 6.45) is 0.747. The molecule has 5 nitrogen and oxygen atoms in total. The van der Waals surface area contributed by atoms with Gasteiger partial charge in [-0.25, -0.2) is 9.50 Å². The van der Waals surface area contributed by atoms with Crippen LogP contribution in [0.5, 0.6) is 0 Å². The first-order chi connectivity index (χ1) is 11.1. The lowest BCUT2D eigenvalue weighted by molar-refractivity contribution is 0.409. The summed E-state index contributed by atoms with van der Waals surface area (Å²) in [4.78, 5) is 6.64. The fraction of sp³-hybridized carbons (Fsp3) is 0.235. The van der Waals surface area contributed by atoms with Crippen LogP contribution >= 0.6 is 15.9 Å². The Morgan fingerprint density at radius 1 is 1.26 bits per heavy atom. The van der Waals surface area contributed by atoms with Crippen molar-refractivity contribution in [1.29, 1.82) is 5.26 Å². The molecule has 2 aromatic heterocycles. The smallest absolute Gasteiger partial charge is 0.174 e. The summed E-state index contributed by atoms with van der Waals surface area (Å²) in [5.74, 6) is 0.748. The van der Waals surface area contributed by atoms with Crippen molar-refractivity contribution < 1.29 is 0 Å². The number of pyridine rings is 1. The van der Waals surface area contributed by atoms with Crippen LogP contribution < -0.4 is 0 Å². The maximum Gasteiger partial charge on any atom is 0.174 e. The van der Waals surface area contributed by atoms with Gasteiger partial charge in [-0.3, -0.25) is 0 Å². The summed E-state index contributed by atoms with van der Waals surface area (Å²) in [7, 11) is 4.03. The molecule has 23 heavy (non-hydrogen) atoms. The number of benzene rings is 1. The van der Waals surface area contributed by atoms with E-state index in [4.69, 9.17) is 0 Å². The number of hydrogen-bond donors (Lipinski definition) is 0. The molecule has 0 saturated heterocycles. The van der Waals surface area contributed by atoms with Crippen molar-refractivity contribution in [1.82, 2.24) is 19.5 Å². The highest BCUT2D eigenvalue weighted by atomic mass is 79.9. The topological polar surface area (TPSA) is 57.2 Å². The number of fused-ring (bicyclic) bond motifs is 1. The third-order valence-electron chi connectivity index (χ3n) is 3.55. The van der Waals surface area contributed by atoms with Crippen LogP contribution in [0.2, 0.25) is 0 Å². The Hall–Kier alpha value is -2.23. The second-order valence-corrected chi connectivity index (χ2v) is 6.49. The molecular weight excluding hydrogens is 354 g/mol. The zero-order valence-corrected chi connectivity index (χ0v) is 14.6. The highest BCUT2D eigenvalue weighted by molar-refractivity contribution is 9.10. The molecule has 0 unspecified atom stereocenters. The molecule has 2 heterocycles. The molecule has 0 atom stereocenters. The number of likely N-dealkylation sites (N-methyl/N-ethyl adjacent to an activating group) is 1. The Balaban J connectivity index is 2.14. The van der Waals surface area contributed by atoms with Crippen LogP contribution in [0.25, 0.3) is 16.9 Å². The molecule has 0 amide bonds. The Labute approximate surface area is 143 Å². The van der Waals surface area contributed by atoms with Crippen molar-refractivity contribution in [2.75, 3.05) is 20.6 Å². The number of nitriles is 1. The van der Waals surface area contributed by atoms with Crippen LogP contribution in [0.1, 0.15) is 11.4 Å². The summed E-state index contributed by atoms with van der Waals surface area (Å²) in [6, 6.07) is 13.9. The van der Waals surface area contributed by atoms with Crippen molar-refractivity contribution in [2.24, 2.45) is 0 Å². The highest BCUT2D eigenvalue weighted by Crippen LogP contribution is 2.24. The Bertz CT molecular complexity index is 892. The van der Waals surface area contributed by atoms with E-state index in [1.165, 1.54) is 0 Å². The monoisotopic (exact) mass is 369 g/mol. The SMILES string of the molecule is CN(C)CCc1nc2c(C#N)ccc(-c3cccc(Br)c3)n2n1. The first-order valence-electron chi connectivity index (χ1n) is 7.28. The molecular formula is C17H16BrN5. The molecule has 0 bridgehead atoms. The van der Waals surface area contributed by atoms with Gasteiger partial charge < -0.3 is 4.90 Å². The van der Waals surface area contributed by atoms with Gasteiger partial charge in [-0.05, 0) is 38.4 Å². The minimum Gasteiger partial charge on any atom is -0.309 e. The molecule has 0 aliphatic carbocycles. The van der Waals surface area contributed by atoms with E-state index in [0.717, 1.165) is 34.5 Å². The van der Waals surface area contributed by atoms with Crippen LogP contribution in [0, 0.1) is 11.3 Å². The quantitative estimate of drug-likeness (QED) is 0.708. The summed E-state index contributed by atoms with van der Waals surface area (Å²) in [5, 5.41) is 13.9. The van der Waals surface area contributed by atoms with E-state index in [0.29, 0.717) is 11.2 Å². The molecule has 6 heteroatoms. The molecule has 116 valence electrons. The number of hydrogen-bond acceptors (Lipinski definition) is 4. The van der Waals surface area contributed by atoms with Crippen molar-refractivity contribution >= 4 is 21.6 Å². The minimum atomic E-state index is 0.535. The summed E-state index contributed by atoms with van der Waals surface area (Å²) in [6.45, 7) is 0.866. The number of aromatic nitrogens is 3. The maximum absolute atomic E-state index is 9.32. The molecule has 0 radical (unpaired) electrons. The van der Waals surface area contributed by atoms with Gasteiger partial charge in [0, 0.05) is 23.0 Å². The van der Waals surface area contributed by atoms with Gasteiger partial charge in [0.2, 0.25) is 0 Å². The fourth-order valence-corrected chi connectivity index (χ4v) is 2.79. The predicted molar refractivity (Wildman–Crippen MR) is 93.1 cm³/mol. The standard InChI is InChI=1S/C17H16BrN5/c1-22(2)9-8-16-20-17-13(11-19)6-7-15(23(17)21-16)12-4-3-5-14(18)10-12/h3-7,10H,8-9H2,1-2H3. The lowest BCUT2D eigenvalue weighted by Gasteiger charge is -2.06. The highest BCUT2D eigenvalue weighted by Gasteiger charge is 2.13. The number of rotatable bonds is 4. The van der Waals surface area contributed by atoms with Crippen molar-refractivity contribution in [3.8, 4) is 17.3 Å². The van der Waals surface area contributed by atoms with Gasteiger partial charge in [0.15, 0.2) is 11.5 Å². The molecule has 0 saturated carbocycles. The second kappa shape index (κ2) is 6.49. The van der Waals surface area contributed by atoms with Gasteiger partial charge >= 0.3 is 0 Å². The Morgan fingerprint density at radius 3 is 2.78 bits per heavy atom. The van der Waals surface area contributed by atoms with E-state index in [1.54, 1.807) is 10.6 Å². The zero-order chi connectivity index (χ0) is 16.4. The van der Waals surface area contributed by atoms with Gasteiger partial charge in [-0.2, -0.15) is 10.4 Å². The third-order valence-corrected chi connectivity index (χ3v) is 4.04. The molecule has 3 rings (SSSR count). The predicted octanol–water partition coefficient (Wildman–Crippen LogP) is 3.13. The molecule has 1 aromatic carbocycles. The fourth-order valence-electron chi connectivity index (χ4n) is 2.39. The molecule has 0 fully saturated rings. The van der Waals surface area contributed by atoms with Gasteiger partial charge in [0.05, 0.1) is 11.3 Å². The molecule has 0 N–H and O–H groups in total. The first kappa shape index (κ1) is 15.7. The molecule has 3 aromatic rings. The van der Waals surface area contributed by atoms with Crippen LogP contribution in [0.3, 0.4) is 0 Å². The molecule has 0 aliphatic rings. The maximum atomic E-state index is 9.32. The lowest BCUT2D eigenvalue weighted by atomic mass is 10.1. The van der Waals surface area contributed by atoms with Crippen molar-refractivity contribution in [2.45, 2.75) is 6.42 Å². The molecule has 0 spiro atoms. The van der Waals surface area contributed by atoms with E-state index < -0.39 is 0 Å². The van der Waals surface area contributed by atoms with E-state index in [2.05, 4.69) is 37.0 Å². The lowest BCUT2D eigenvalue weighted by Crippen LogP contribution is -2.15. The summed E-state index contributed by atoms with van der Waals surface area (Å²) >= 11 is 3.49. The number of halogens is 1. The average molecular weight is 370 g/mol. The van der Waals surface area contributed by atoms with Crippen LogP contribution in [0.4, 0.5) is 0 Å². The first-order valence-corrected chi connectivity index (χ1v) is 8.07. The average Bonchev–Trinajstić information content (AvgIpc) is 2.96. The van der Waals surface area contributed by atoms with Crippen LogP contribution in [-0.4, -0.2) is 40.1 Å². The number of nitrogens with zero attached hydrogens (tertiary/aromatic N) is 5. The van der Waals surface area contributed by atoms with Gasteiger partial charge in [-0.15, -0.1) is 0 Å². The largest absolute Gasteiger partial charge is 0.309 e. The third kappa shape index (κ3) is 3.26. The normalized spacial score (nSPS) is 11.1. The van der Waals surface area contributed by atoms with Crippen LogP contribution in [0.15, 0.2) is 40.9 Å². The van der Waals surface area contributed by atoms with E-state index in [9.17, 15) is 5.26 Å². The summed E-state index contributed by atoms with van der Waals surface area (Å²) in [5.41, 5.74) is 3.09. The van der Waals surface area contributed by atoms with Crippen molar-refractivity contribution in [3.05, 3.63) is 52.3 Å². The molecule has 0 aliphatic heterocycles. The van der Waals surface area contributed by atoms with E-state index in [1.807, 2.05) is 44.4 Å². The van der Waals surface area contributed by atoms with Crippen LogP contribution in [-0.2, 0) is 6.42 Å². The summed E-state index contributed by atoms with van der Waals surface area (Å²) < 4.78 is 2.77. The van der Waals surface area contributed by atoms with E-state index in [-0.39, 0.29) is 0 Å². The zero-order valence-electron chi connectivity index (χ0n) is 13.0.